The summed E-state index contributed by atoms with van der Waals surface area (Å²) < 4.78 is 10.3. The number of carbonyl (C=O) groups is 1. The van der Waals surface area contributed by atoms with E-state index in [1.807, 2.05) is 31.2 Å². The highest BCUT2D eigenvalue weighted by Crippen LogP contribution is 2.25. The standard InChI is InChI=1S/C31H26N6O4/c1-4-21-13-15-24(16-14-21)41-29-25(30(39)36-17-9-8-12-26(36)33-29)18-22(19-32)28(38)34-27-20(2)35(3)37(31(27)40)23-10-6-5-7-11-23/h5-18H,4H2,1-3H3,(H,34,38)/b22-18+. The average molecular weight is 547 g/mol. The number of rotatable bonds is 7. The van der Waals surface area contributed by atoms with E-state index in [1.54, 1.807) is 73.3 Å². The Kier molecular flexibility index (Phi) is 7.35. The SMILES string of the molecule is CCc1ccc(Oc2nc3ccccn3c(=O)c2/C=C(\C#N)C(=O)Nc2c(C)n(C)n(-c3ccccc3)c2=O)cc1. The van der Waals surface area contributed by atoms with Crippen LogP contribution >= 0.6 is 0 Å². The van der Waals surface area contributed by atoms with Crippen molar-refractivity contribution < 1.29 is 9.53 Å². The molecule has 204 valence electrons. The van der Waals surface area contributed by atoms with Crippen LogP contribution in [0.25, 0.3) is 17.4 Å². The van der Waals surface area contributed by atoms with E-state index in [0.29, 0.717) is 22.8 Å². The summed E-state index contributed by atoms with van der Waals surface area (Å²) in [5.41, 5.74) is 1.07. The zero-order chi connectivity index (χ0) is 29.1. The molecule has 41 heavy (non-hydrogen) atoms. The number of hydrogen-bond acceptors (Lipinski definition) is 6. The van der Waals surface area contributed by atoms with Gasteiger partial charge in [-0.15, -0.1) is 0 Å². The molecular formula is C31H26N6O4. The fourth-order valence-corrected chi connectivity index (χ4v) is 4.37. The second-order valence-electron chi connectivity index (χ2n) is 9.22. The second kappa shape index (κ2) is 11.2. The number of anilines is 1. The highest BCUT2D eigenvalue weighted by Gasteiger charge is 2.22. The molecule has 3 heterocycles. The van der Waals surface area contributed by atoms with Crippen LogP contribution in [0, 0.1) is 18.3 Å². The van der Waals surface area contributed by atoms with Crippen molar-refractivity contribution in [3.05, 3.63) is 122 Å². The monoisotopic (exact) mass is 546 g/mol. The Hall–Kier alpha value is -5.69. The molecule has 1 amide bonds. The van der Waals surface area contributed by atoms with Crippen LogP contribution in [0.1, 0.15) is 23.7 Å². The summed E-state index contributed by atoms with van der Waals surface area (Å²) >= 11 is 0. The average Bonchev–Trinajstić information content (AvgIpc) is 3.20. The highest BCUT2D eigenvalue weighted by atomic mass is 16.5. The molecule has 10 heteroatoms. The van der Waals surface area contributed by atoms with Crippen LogP contribution in [0.5, 0.6) is 11.6 Å². The van der Waals surface area contributed by atoms with Gasteiger partial charge in [-0.1, -0.05) is 43.3 Å². The lowest BCUT2D eigenvalue weighted by atomic mass is 10.1. The molecule has 5 rings (SSSR count). The summed E-state index contributed by atoms with van der Waals surface area (Å²) in [6.45, 7) is 3.72. The number of carbonyl (C=O) groups excluding carboxylic acids is 1. The van der Waals surface area contributed by atoms with E-state index < -0.39 is 22.6 Å². The third-order valence-corrected chi connectivity index (χ3v) is 6.73. The lowest BCUT2D eigenvalue weighted by Gasteiger charge is -2.11. The van der Waals surface area contributed by atoms with Gasteiger partial charge in [0.2, 0.25) is 5.88 Å². The Bertz CT molecular complexity index is 1960. The summed E-state index contributed by atoms with van der Waals surface area (Å²) in [5.74, 6) is -0.476. The smallest absolute Gasteiger partial charge is 0.295 e. The fourth-order valence-electron chi connectivity index (χ4n) is 4.37. The molecule has 0 atom stereocenters. The third kappa shape index (κ3) is 5.16. The number of ether oxygens (including phenoxy) is 1. The van der Waals surface area contributed by atoms with Crippen molar-refractivity contribution in [2.75, 3.05) is 5.32 Å². The van der Waals surface area contributed by atoms with E-state index in [9.17, 15) is 19.6 Å². The third-order valence-electron chi connectivity index (χ3n) is 6.73. The van der Waals surface area contributed by atoms with Crippen LogP contribution in [0.2, 0.25) is 0 Å². The van der Waals surface area contributed by atoms with Crippen LogP contribution < -0.4 is 21.2 Å². The van der Waals surface area contributed by atoms with E-state index in [2.05, 4.69) is 10.3 Å². The number of para-hydroxylation sites is 1. The number of nitrogens with zero attached hydrogens (tertiary/aromatic N) is 5. The van der Waals surface area contributed by atoms with Gasteiger partial charge in [-0.2, -0.15) is 10.2 Å². The minimum Gasteiger partial charge on any atom is -0.438 e. The number of aryl methyl sites for hydroxylation is 1. The van der Waals surface area contributed by atoms with E-state index in [1.165, 1.54) is 15.3 Å². The summed E-state index contributed by atoms with van der Waals surface area (Å²) in [6.07, 6.45) is 3.52. The first kappa shape index (κ1) is 26.9. The first-order chi connectivity index (χ1) is 19.8. The van der Waals surface area contributed by atoms with Crippen molar-refractivity contribution >= 4 is 23.3 Å². The highest BCUT2D eigenvalue weighted by molar-refractivity contribution is 6.10. The van der Waals surface area contributed by atoms with Crippen molar-refractivity contribution in [3.8, 4) is 23.4 Å². The minimum absolute atomic E-state index is 0.0170. The maximum Gasteiger partial charge on any atom is 0.295 e. The number of benzene rings is 2. The van der Waals surface area contributed by atoms with Gasteiger partial charge in [-0.05, 0) is 61.4 Å². The van der Waals surface area contributed by atoms with Crippen molar-refractivity contribution in [2.45, 2.75) is 20.3 Å². The number of aromatic nitrogens is 4. The maximum atomic E-state index is 13.5. The zero-order valence-corrected chi connectivity index (χ0v) is 22.7. The van der Waals surface area contributed by atoms with Crippen LogP contribution in [0.3, 0.4) is 0 Å². The predicted molar refractivity (Wildman–Crippen MR) is 155 cm³/mol. The molecule has 0 bridgehead atoms. The molecule has 0 saturated carbocycles. The Morgan fingerprint density at radius 1 is 1.02 bits per heavy atom. The fraction of sp³-hybridized carbons (Fsp3) is 0.129. The van der Waals surface area contributed by atoms with Gasteiger partial charge in [0.05, 0.1) is 11.4 Å². The van der Waals surface area contributed by atoms with Gasteiger partial charge in [-0.3, -0.25) is 23.5 Å². The van der Waals surface area contributed by atoms with Crippen LogP contribution in [-0.4, -0.2) is 24.7 Å². The van der Waals surface area contributed by atoms with Crippen molar-refractivity contribution in [1.29, 1.82) is 5.26 Å². The van der Waals surface area contributed by atoms with E-state index in [4.69, 9.17) is 4.74 Å². The largest absolute Gasteiger partial charge is 0.438 e. The molecule has 10 nitrogen and oxygen atoms in total. The molecule has 0 aliphatic heterocycles. The quantitative estimate of drug-likeness (QED) is 0.239. The van der Waals surface area contributed by atoms with E-state index in [-0.39, 0.29) is 17.1 Å². The Morgan fingerprint density at radius 3 is 2.41 bits per heavy atom. The Balaban J connectivity index is 1.56. The molecule has 3 aromatic heterocycles. The molecular weight excluding hydrogens is 520 g/mol. The van der Waals surface area contributed by atoms with Crippen LogP contribution in [0.4, 0.5) is 5.69 Å². The molecule has 0 aliphatic carbocycles. The number of nitriles is 1. The molecule has 0 radical (unpaired) electrons. The van der Waals surface area contributed by atoms with Crippen molar-refractivity contribution in [2.24, 2.45) is 7.05 Å². The van der Waals surface area contributed by atoms with Gasteiger partial charge in [0.25, 0.3) is 17.0 Å². The first-order valence-electron chi connectivity index (χ1n) is 12.9. The van der Waals surface area contributed by atoms with Gasteiger partial charge < -0.3 is 10.1 Å². The van der Waals surface area contributed by atoms with E-state index in [0.717, 1.165) is 18.1 Å². The van der Waals surface area contributed by atoms with Crippen LogP contribution in [0.15, 0.2) is 94.2 Å². The first-order valence-corrected chi connectivity index (χ1v) is 12.9. The van der Waals surface area contributed by atoms with Gasteiger partial charge in [0, 0.05) is 13.2 Å². The number of hydrogen-bond donors (Lipinski definition) is 1. The van der Waals surface area contributed by atoms with Crippen LogP contribution in [-0.2, 0) is 18.3 Å². The van der Waals surface area contributed by atoms with Gasteiger partial charge >= 0.3 is 0 Å². The number of pyridine rings is 1. The molecule has 0 unspecified atom stereocenters. The van der Waals surface area contributed by atoms with Crippen molar-refractivity contribution in [1.82, 2.24) is 18.7 Å². The summed E-state index contributed by atoms with van der Waals surface area (Å²) in [5, 5.41) is 12.5. The molecule has 2 aromatic carbocycles. The van der Waals surface area contributed by atoms with E-state index >= 15 is 0 Å². The van der Waals surface area contributed by atoms with Gasteiger partial charge in [0.1, 0.15) is 34.3 Å². The summed E-state index contributed by atoms with van der Waals surface area (Å²) in [7, 11) is 1.69. The lowest BCUT2D eigenvalue weighted by molar-refractivity contribution is -0.112. The summed E-state index contributed by atoms with van der Waals surface area (Å²) in [4.78, 5) is 44.5. The molecule has 0 spiro atoms. The predicted octanol–water partition coefficient (Wildman–Crippen LogP) is 4.39. The molecule has 0 aliphatic rings. The number of fused-ring (bicyclic) bond motifs is 1. The van der Waals surface area contributed by atoms with Crippen molar-refractivity contribution in [3.63, 3.8) is 0 Å². The minimum atomic E-state index is -0.852. The molecule has 1 N–H and O–H groups in total. The summed E-state index contributed by atoms with van der Waals surface area (Å²) in [6, 6.07) is 23.2. The maximum absolute atomic E-state index is 13.5. The second-order valence-corrected chi connectivity index (χ2v) is 9.22. The van der Waals surface area contributed by atoms with Gasteiger partial charge in [-0.25, -0.2) is 4.68 Å². The molecule has 5 aromatic rings. The lowest BCUT2D eigenvalue weighted by Crippen LogP contribution is -2.24. The number of nitrogens with one attached hydrogen (secondary N) is 1. The molecule has 0 saturated heterocycles. The topological polar surface area (TPSA) is 123 Å². The molecule has 0 fully saturated rings. The van der Waals surface area contributed by atoms with Gasteiger partial charge in [0.15, 0.2) is 0 Å². The zero-order valence-electron chi connectivity index (χ0n) is 22.7. The normalized spacial score (nSPS) is 11.3. The number of amides is 1. The Morgan fingerprint density at radius 2 is 1.73 bits per heavy atom. The Labute approximate surface area is 235 Å².